The predicted octanol–water partition coefficient (Wildman–Crippen LogP) is 4.61. The van der Waals surface area contributed by atoms with E-state index in [0.29, 0.717) is 17.4 Å². The lowest BCUT2D eigenvalue weighted by molar-refractivity contribution is -0.118. The summed E-state index contributed by atoms with van der Waals surface area (Å²) in [4.78, 5) is 13.0. The van der Waals surface area contributed by atoms with E-state index >= 15 is 0 Å². The van der Waals surface area contributed by atoms with Gasteiger partial charge >= 0.3 is 0 Å². The summed E-state index contributed by atoms with van der Waals surface area (Å²) < 4.78 is 10.8. The molecule has 4 aromatic rings. The van der Waals surface area contributed by atoms with Crippen LogP contribution in [0.15, 0.2) is 42.5 Å². The lowest BCUT2D eigenvalue weighted by Gasteiger charge is -2.11. The van der Waals surface area contributed by atoms with E-state index in [4.69, 9.17) is 9.47 Å². The van der Waals surface area contributed by atoms with Gasteiger partial charge in [-0.05, 0) is 59.9 Å². The summed E-state index contributed by atoms with van der Waals surface area (Å²) in [5.41, 5.74) is 4.90. The minimum atomic E-state index is -0.540. The van der Waals surface area contributed by atoms with E-state index in [1.165, 1.54) is 0 Å². The molecule has 3 N–H and O–H groups in total. The molecule has 9 nitrogen and oxygen atoms in total. The lowest BCUT2D eigenvalue weighted by Crippen LogP contribution is -2.21. The van der Waals surface area contributed by atoms with Crippen molar-refractivity contribution in [1.29, 1.82) is 0 Å². The van der Waals surface area contributed by atoms with E-state index in [2.05, 4.69) is 57.0 Å². The molecular weight excluding hydrogens is 444 g/mol. The molecule has 2 atom stereocenters. The fourth-order valence-corrected chi connectivity index (χ4v) is 5.09. The Kier molecular flexibility index (Phi) is 4.70. The van der Waals surface area contributed by atoms with Crippen molar-refractivity contribution in [1.82, 2.24) is 20.4 Å². The average molecular weight is 471 g/mol. The van der Waals surface area contributed by atoms with Gasteiger partial charge in [0.25, 0.3) is 5.88 Å². The van der Waals surface area contributed by atoms with Crippen LogP contribution in [-0.4, -0.2) is 40.5 Å². The van der Waals surface area contributed by atoms with Gasteiger partial charge < -0.3 is 20.1 Å². The Bertz CT molecular complexity index is 1480. The van der Waals surface area contributed by atoms with Crippen LogP contribution in [0.25, 0.3) is 10.9 Å². The molecule has 1 fully saturated rings. The number of hydrogen-bond acceptors (Lipinski definition) is 7. The number of aromatic amines is 1. The number of aromatic nitrogens is 4. The maximum absolute atomic E-state index is 13.0. The van der Waals surface area contributed by atoms with Gasteiger partial charge in [-0.15, -0.1) is 5.10 Å². The monoisotopic (exact) mass is 470 g/mol. The number of carbonyl (C=O) groups is 1. The van der Waals surface area contributed by atoms with Crippen LogP contribution in [-0.2, 0) is 10.2 Å². The number of hydrogen-bond donors (Lipinski definition) is 3. The van der Waals surface area contributed by atoms with Gasteiger partial charge in [-0.25, -0.2) is 0 Å². The van der Waals surface area contributed by atoms with Gasteiger partial charge in [-0.2, -0.15) is 10.2 Å². The number of H-pyrrole nitrogens is 1. The number of carbonyl (C=O) groups excluding carboxylic acids is 1. The second-order valence-electron chi connectivity index (χ2n) is 9.44. The highest BCUT2D eigenvalue weighted by atomic mass is 16.5. The first-order valence-electron chi connectivity index (χ1n) is 11.6. The van der Waals surface area contributed by atoms with Gasteiger partial charge in [-0.3, -0.25) is 9.89 Å². The van der Waals surface area contributed by atoms with Gasteiger partial charge in [0.05, 0.1) is 30.8 Å². The SMILES string of the molecule is COc1ccc2c(c1)[C@]1(C[C@H]1c1ccc3c(Nc4cc(C(C)C)nnc4OC)n[nH]c3c1)C(=O)N2. The topological polar surface area (TPSA) is 114 Å². The molecule has 2 aliphatic rings. The van der Waals surface area contributed by atoms with E-state index in [1.807, 2.05) is 30.3 Å². The fourth-order valence-electron chi connectivity index (χ4n) is 5.09. The van der Waals surface area contributed by atoms with Gasteiger partial charge in [0.1, 0.15) is 11.4 Å². The largest absolute Gasteiger partial charge is 0.497 e. The molecular formula is C26H26N6O3. The highest BCUT2D eigenvalue weighted by Gasteiger charge is 2.65. The summed E-state index contributed by atoms with van der Waals surface area (Å²) in [6.45, 7) is 4.13. The molecule has 178 valence electrons. The smallest absolute Gasteiger partial charge is 0.257 e. The molecule has 0 saturated heterocycles. The molecule has 3 heterocycles. The van der Waals surface area contributed by atoms with Crippen LogP contribution < -0.4 is 20.1 Å². The molecule has 1 aliphatic carbocycles. The number of benzene rings is 2. The standard InChI is InChI=1S/C26H26N6O3/c1-13(2)20-11-22(24(35-4)32-29-20)27-23-16-7-5-14(9-21(16)30-31-23)18-12-26(18)17-10-15(34-3)6-8-19(17)28-25(26)33/h5-11,13,18H,12H2,1-4H3,(H,28,33)(H2,27,29,30,31)/t18-,26-/m0/s1. The fraction of sp³-hybridized carbons (Fsp3) is 0.308. The second kappa shape index (κ2) is 7.69. The summed E-state index contributed by atoms with van der Waals surface area (Å²) in [6.07, 6.45) is 0.765. The van der Waals surface area contributed by atoms with Crippen molar-refractivity contribution in [3.05, 3.63) is 59.3 Å². The van der Waals surface area contributed by atoms with Gasteiger partial charge in [-0.1, -0.05) is 19.9 Å². The minimum Gasteiger partial charge on any atom is -0.497 e. The zero-order valence-corrected chi connectivity index (χ0v) is 20.0. The lowest BCUT2D eigenvalue weighted by atomic mass is 9.91. The molecule has 0 radical (unpaired) electrons. The molecule has 1 saturated carbocycles. The molecule has 2 aromatic carbocycles. The minimum absolute atomic E-state index is 0.0519. The van der Waals surface area contributed by atoms with Gasteiger partial charge in [0.15, 0.2) is 5.82 Å². The number of nitrogens with one attached hydrogen (secondary N) is 3. The normalized spacial score (nSPS) is 20.3. The third kappa shape index (κ3) is 3.22. The Hall–Kier alpha value is -4.14. The molecule has 1 spiro atoms. The molecule has 9 heteroatoms. The molecule has 1 aliphatic heterocycles. The van der Waals surface area contributed by atoms with Crippen molar-refractivity contribution in [2.45, 2.75) is 37.5 Å². The molecule has 6 rings (SSSR count). The van der Waals surface area contributed by atoms with Crippen molar-refractivity contribution in [2.75, 3.05) is 24.9 Å². The predicted molar refractivity (Wildman–Crippen MR) is 133 cm³/mol. The third-order valence-corrected chi connectivity index (χ3v) is 7.13. The van der Waals surface area contributed by atoms with E-state index in [1.54, 1.807) is 14.2 Å². The number of nitrogens with zero attached hydrogens (tertiary/aromatic N) is 3. The summed E-state index contributed by atoms with van der Waals surface area (Å²) in [5, 5.41) is 23.3. The average Bonchev–Trinajstić information content (AvgIpc) is 3.42. The summed E-state index contributed by atoms with van der Waals surface area (Å²) in [7, 11) is 3.21. The van der Waals surface area contributed by atoms with Crippen molar-refractivity contribution < 1.29 is 14.3 Å². The molecule has 0 unspecified atom stereocenters. The molecule has 2 aromatic heterocycles. The van der Waals surface area contributed by atoms with Crippen LogP contribution in [0.2, 0.25) is 0 Å². The van der Waals surface area contributed by atoms with Crippen LogP contribution >= 0.6 is 0 Å². The Morgan fingerprint density at radius 1 is 1.09 bits per heavy atom. The van der Waals surface area contributed by atoms with E-state index in [-0.39, 0.29) is 17.7 Å². The highest BCUT2D eigenvalue weighted by molar-refractivity contribution is 6.10. The Labute approximate surface area is 202 Å². The quantitative estimate of drug-likeness (QED) is 0.377. The number of anilines is 3. The maximum Gasteiger partial charge on any atom is 0.257 e. The number of ether oxygens (including phenoxy) is 2. The number of methoxy groups -OCH3 is 2. The van der Waals surface area contributed by atoms with Crippen LogP contribution in [0.1, 0.15) is 48.9 Å². The summed E-state index contributed by atoms with van der Waals surface area (Å²) in [6, 6.07) is 13.9. The first-order valence-corrected chi connectivity index (χ1v) is 11.6. The Balaban J connectivity index is 1.32. The first-order chi connectivity index (χ1) is 16.9. The molecule has 35 heavy (non-hydrogen) atoms. The number of rotatable bonds is 6. The number of fused-ring (bicyclic) bond motifs is 3. The van der Waals surface area contributed by atoms with E-state index in [0.717, 1.165) is 45.6 Å². The first kappa shape index (κ1) is 21.4. The Morgan fingerprint density at radius 3 is 2.71 bits per heavy atom. The van der Waals surface area contributed by atoms with Gasteiger partial charge in [0.2, 0.25) is 5.91 Å². The van der Waals surface area contributed by atoms with E-state index in [9.17, 15) is 4.79 Å². The van der Waals surface area contributed by atoms with Gasteiger partial charge in [0, 0.05) is 17.0 Å². The third-order valence-electron chi connectivity index (χ3n) is 7.13. The van der Waals surface area contributed by atoms with Crippen molar-refractivity contribution >= 4 is 34.0 Å². The zero-order valence-electron chi connectivity index (χ0n) is 20.0. The van der Waals surface area contributed by atoms with Crippen LogP contribution in [0, 0.1) is 0 Å². The Morgan fingerprint density at radius 2 is 1.94 bits per heavy atom. The second-order valence-corrected chi connectivity index (χ2v) is 9.44. The molecule has 1 amide bonds. The van der Waals surface area contributed by atoms with Crippen LogP contribution in [0.3, 0.4) is 0 Å². The van der Waals surface area contributed by atoms with Crippen molar-refractivity contribution in [2.24, 2.45) is 0 Å². The highest BCUT2D eigenvalue weighted by Crippen LogP contribution is 2.65. The van der Waals surface area contributed by atoms with E-state index < -0.39 is 5.41 Å². The zero-order chi connectivity index (χ0) is 24.3. The maximum atomic E-state index is 13.0. The van der Waals surface area contributed by atoms with Crippen molar-refractivity contribution in [3.63, 3.8) is 0 Å². The van der Waals surface area contributed by atoms with Crippen LogP contribution in [0.5, 0.6) is 11.6 Å². The summed E-state index contributed by atoms with van der Waals surface area (Å²) in [5.74, 6) is 2.21. The van der Waals surface area contributed by atoms with Crippen LogP contribution in [0.4, 0.5) is 17.2 Å². The molecule has 0 bridgehead atoms. The summed E-state index contributed by atoms with van der Waals surface area (Å²) >= 11 is 0. The van der Waals surface area contributed by atoms with Crippen molar-refractivity contribution in [3.8, 4) is 11.6 Å². The number of amides is 1.